The number of hydrogen-bond acceptors (Lipinski definition) is 2. The van der Waals surface area contributed by atoms with Crippen molar-refractivity contribution in [3.63, 3.8) is 0 Å². The van der Waals surface area contributed by atoms with Gasteiger partial charge in [-0.25, -0.2) is 4.79 Å². The molecule has 4 heteroatoms. The molecule has 14 heavy (non-hydrogen) atoms. The molecule has 0 atom stereocenters. The van der Waals surface area contributed by atoms with Crippen LogP contribution >= 0.6 is 0 Å². The third-order valence-corrected chi connectivity index (χ3v) is 1.36. The maximum atomic E-state index is 9.87. The first-order valence-electron chi connectivity index (χ1n) is 4.52. The van der Waals surface area contributed by atoms with E-state index in [4.69, 9.17) is 10.2 Å². The van der Waals surface area contributed by atoms with E-state index in [1.165, 1.54) is 6.92 Å². The highest BCUT2D eigenvalue weighted by Gasteiger charge is 1.92. The Hall–Kier alpha value is -1.32. The van der Waals surface area contributed by atoms with Crippen molar-refractivity contribution < 1.29 is 19.8 Å². The molecule has 0 heterocycles. The standard InChI is InChI=1S/C6H12O2.C4H6O2/c1-2-3-4-5-6(7)8;1-3(2)4(5)6/h2-5H2,1H3,(H,7,8);1H2,2H3,(H,5,6). The molecule has 0 amide bonds. The van der Waals surface area contributed by atoms with Crippen LogP contribution < -0.4 is 0 Å². The summed E-state index contributed by atoms with van der Waals surface area (Å²) >= 11 is 0. The van der Waals surface area contributed by atoms with Crippen molar-refractivity contribution in [2.24, 2.45) is 0 Å². The van der Waals surface area contributed by atoms with E-state index in [1.54, 1.807) is 0 Å². The maximum Gasteiger partial charge on any atom is 0.330 e. The number of unbranched alkanes of at least 4 members (excludes halogenated alkanes) is 2. The van der Waals surface area contributed by atoms with E-state index in [0.29, 0.717) is 6.42 Å². The van der Waals surface area contributed by atoms with Gasteiger partial charge in [-0.1, -0.05) is 26.3 Å². The summed E-state index contributed by atoms with van der Waals surface area (Å²) in [5.74, 6) is -1.62. The van der Waals surface area contributed by atoms with Crippen molar-refractivity contribution >= 4 is 11.9 Å². The quantitative estimate of drug-likeness (QED) is 0.530. The van der Waals surface area contributed by atoms with Crippen molar-refractivity contribution in [3.05, 3.63) is 12.2 Å². The second-order valence-corrected chi connectivity index (χ2v) is 2.94. The molecule has 0 unspecified atom stereocenters. The van der Waals surface area contributed by atoms with Crippen molar-refractivity contribution in [1.82, 2.24) is 0 Å². The van der Waals surface area contributed by atoms with Gasteiger partial charge in [0.05, 0.1) is 0 Å². The summed E-state index contributed by atoms with van der Waals surface area (Å²) in [5, 5.41) is 16.0. The lowest BCUT2D eigenvalue weighted by Gasteiger charge is -1.89. The highest BCUT2D eigenvalue weighted by Crippen LogP contribution is 1.97. The van der Waals surface area contributed by atoms with E-state index in [9.17, 15) is 9.59 Å². The van der Waals surface area contributed by atoms with Crippen molar-refractivity contribution in [3.8, 4) is 0 Å². The first-order valence-corrected chi connectivity index (χ1v) is 4.52. The Morgan fingerprint density at radius 1 is 1.21 bits per heavy atom. The fraction of sp³-hybridized carbons (Fsp3) is 0.600. The molecule has 0 bridgehead atoms. The van der Waals surface area contributed by atoms with Gasteiger partial charge in [-0.15, -0.1) is 0 Å². The molecule has 0 saturated carbocycles. The van der Waals surface area contributed by atoms with Crippen LogP contribution in [0.25, 0.3) is 0 Å². The van der Waals surface area contributed by atoms with Gasteiger partial charge in [0.1, 0.15) is 0 Å². The van der Waals surface area contributed by atoms with E-state index in [2.05, 4.69) is 13.5 Å². The largest absolute Gasteiger partial charge is 0.481 e. The van der Waals surface area contributed by atoms with Gasteiger partial charge < -0.3 is 10.2 Å². The SMILES string of the molecule is C=C(C)C(=O)O.CCCCCC(=O)O. The minimum atomic E-state index is -0.935. The molecule has 0 aromatic heterocycles. The minimum absolute atomic E-state index is 0.176. The molecule has 0 aromatic carbocycles. The lowest BCUT2D eigenvalue weighted by molar-refractivity contribution is -0.137. The first kappa shape index (κ1) is 15.2. The second-order valence-electron chi connectivity index (χ2n) is 2.94. The number of rotatable bonds is 5. The number of hydrogen-bond donors (Lipinski definition) is 2. The molecule has 0 aliphatic rings. The van der Waals surface area contributed by atoms with E-state index in [1.807, 2.05) is 0 Å². The molecule has 4 nitrogen and oxygen atoms in total. The lowest BCUT2D eigenvalue weighted by atomic mass is 10.2. The smallest absolute Gasteiger partial charge is 0.330 e. The van der Waals surface area contributed by atoms with Gasteiger partial charge in [0.25, 0.3) is 0 Å². The number of aliphatic carboxylic acids is 2. The van der Waals surface area contributed by atoms with Gasteiger partial charge in [-0.05, 0) is 13.3 Å². The summed E-state index contributed by atoms with van der Waals surface area (Å²) in [6.07, 6.45) is 3.28. The number of carbonyl (C=O) groups is 2. The van der Waals surface area contributed by atoms with Crippen LogP contribution in [0.15, 0.2) is 12.2 Å². The molecule has 82 valence electrons. The Labute approximate surface area is 84.3 Å². The molecule has 2 N–H and O–H groups in total. The van der Waals surface area contributed by atoms with E-state index in [0.717, 1.165) is 19.3 Å². The Morgan fingerprint density at radius 2 is 1.64 bits per heavy atom. The Kier molecular flexibility index (Phi) is 10.6. The van der Waals surface area contributed by atoms with Gasteiger partial charge >= 0.3 is 11.9 Å². The zero-order valence-corrected chi connectivity index (χ0v) is 8.75. The van der Waals surface area contributed by atoms with Gasteiger partial charge in [-0.2, -0.15) is 0 Å². The topological polar surface area (TPSA) is 74.6 Å². The average Bonchev–Trinajstić information content (AvgIpc) is 2.05. The zero-order valence-electron chi connectivity index (χ0n) is 8.75. The maximum absolute atomic E-state index is 9.87. The lowest BCUT2D eigenvalue weighted by Crippen LogP contribution is -1.92. The van der Waals surface area contributed by atoms with Crippen LogP contribution in [-0.4, -0.2) is 22.2 Å². The van der Waals surface area contributed by atoms with Crippen LogP contribution in [0.4, 0.5) is 0 Å². The molecular formula is C10H18O4. The van der Waals surface area contributed by atoms with Crippen LogP contribution in [0, 0.1) is 0 Å². The number of carboxylic acid groups (broad SMARTS) is 2. The predicted molar refractivity (Wildman–Crippen MR) is 54.2 cm³/mol. The van der Waals surface area contributed by atoms with E-state index in [-0.39, 0.29) is 5.57 Å². The summed E-state index contributed by atoms with van der Waals surface area (Å²) in [4.78, 5) is 19.5. The second kappa shape index (κ2) is 9.77. The zero-order chi connectivity index (χ0) is 11.6. The normalized spacial score (nSPS) is 8.43. The molecule has 0 aliphatic heterocycles. The van der Waals surface area contributed by atoms with Crippen molar-refractivity contribution in [1.29, 1.82) is 0 Å². The Morgan fingerprint density at radius 3 is 1.86 bits per heavy atom. The highest BCUT2D eigenvalue weighted by atomic mass is 16.4. The monoisotopic (exact) mass is 202 g/mol. The van der Waals surface area contributed by atoms with E-state index >= 15 is 0 Å². The van der Waals surface area contributed by atoms with Crippen LogP contribution in [0.3, 0.4) is 0 Å². The average molecular weight is 202 g/mol. The fourth-order valence-electron chi connectivity index (χ4n) is 0.526. The Bertz CT molecular complexity index is 184. The molecule has 0 saturated heterocycles. The van der Waals surface area contributed by atoms with Crippen LogP contribution in [0.1, 0.15) is 39.5 Å². The summed E-state index contributed by atoms with van der Waals surface area (Å²) in [5.41, 5.74) is 0.176. The van der Waals surface area contributed by atoms with Gasteiger partial charge in [-0.3, -0.25) is 4.79 Å². The minimum Gasteiger partial charge on any atom is -0.481 e. The molecule has 0 aliphatic carbocycles. The molecule has 0 spiro atoms. The highest BCUT2D eigenvalue weighted by molar-refractivity contribution is 5.84. The summed E-state index contributed by atoms with van der Waals surface area (Å²) in [6.45, 7) is 6.66. The van der Waals surface area contributed by atoms with Gasteiger partial charge in [0, 0.05) is 12.0 Å². The van der Waals surface area contributed by atoms with Gasteiger partial charge in [0.2, 0.25) is 0 Å². The fourth-order valence-corrected chi connectivity index (χ4v) is 0.526. The Balaban J connectivity index is 0. The third kappa shape index (κ3) is 17.0. The first-order chi connectivity index (χ1) is 6.41. The van der Waals surface area contributed by atoms with E-state index < -0.39 is 11.9 Å². The molecule has 0 rings (SSSR count). The summed E-state index contributed by atoms with van der Waals surface area (Å²) in [7, 11) is 0. The summed E-state index contributed by atoms with van der Waals surface area (Å²) in [6, 6.07) is 0. The van der Waals surface area contributed by atoms with Gasteiger partial charge in [0.15, 0.2) is 0 Å². The molecule has 0 aromatic rings. The molecule has 0 radical (unpaired) electrons. The molecular weight excluding hydrogens is 184 g/mol. The molecule has 0 fully saturated rings. The van der Waals surface area contributed by atoms with Crippen LogP contribution in [0.2, 0.25) is 0 Å². The number of carboxylic acids is 2. The summed E-state index contributed by atoms with van der Waals surface area (Å²) < 4.78 is 0. The predicted octanol–water partition coefficient (Wildman–Crippen LogP) is 2.30. The third-order valence-electron chi connectivity index (χ3n) is 1.36. The van der Waals surface area contributed by atoms with Crippen molar-refractivity contribution in [2.75, 3.05) is 0 Å². The van der Waals surface area contributed by atoms with Crippen molar-refractivity contribution in [2.45, 2.75) is 39.5 Å². The van der Waals surface area contributed by atoms with Crippen LogP contribution in [-0.2, 0) is 9.59 Å². The van der Waals surface area contributed by atoms with Crippen LogP contribution in [0.5, 0.6) is 0 Å².